The van der Waals surface area contributed by atoms with E-state index < -0.39 is 35.2 Å². The monoisotopic (exact) mass is 257 g/mol. The van der Waals surface area contributed by atoms with E-state index in [1.807, 2.05) is 5.32 Å². The fourth-order valence-corrected chi connectivity index (χ4v) is 1.37. The first-order valence-electron chi connectivity index (χ1n) is 4.72. The Hall–Kier alpha value is -1.24. The van der Waals surface area contributed by atoms with Gasteiger partial charge in [-0.15, -0.1) is 0 Å². The zero-order chi connectivity index (χ0) is 13.2. The average molecular weight is 257 g/mol. The van der Waals surface area contributed by atoms with E-state index in [0.717, 1.165) is 0 Å². The van der Waals surface area contributed by atoms with Gasteiger partial charge in [0.1, 0.15) is 6.04 Å². The number of nitrogens with one attached hydrogen (secondary N) is 1. The fraction of sp³-hybridized carbons (Fsp3) is 0.400. The molecule has 0 heterocycles. The van der Waals surface area contributed by atoms with E-state index in [0.29, 0.717) is 12.1 Å². The number of hydrogen-bond donors (Lipinski definition) is 1. The maximum absolute atomic E-state index is 12.8. The molecule has 0 saturated carbocycles. The summed E-state index contributed by atoms with van der Waals surface area (Å²) in [4.78, 5) is 0. The van der Waals surface area contributed by atoms with Crippen molar-refractivity contribution in [2.75, 3.05) is 6.54 Å². The van der Waals surface area contributed by atoms with E-state index in [2.05, 4.69) is 0 Å². The van der Waals surface area contributed by atoms with Crippen LogP contribution in [0.2, 0.25) is 0 Å². The first-order valence-corrected chi connectivity index (χ1v) is 4.72. The summed E-state index contributed by atoms with van der Waals surface area (Å²) in [5, 5.41) is 2.03. The van der Waals surface area contributed by atoms with Crippen LogP contribution in [0.4, 0.5) is 26.3 Å². The molecule has 0 radical (unpaired) electrons. The molecule has 0 spiro atoms. The minimum absolute atomic E-state index is 0.0508. The maximum Gasteiger partial charge on any atom is 0.407 e. The lowest BCUT2D eigenvalue weighted by Crippen LogP contribution is -2.34. The Kier molecular flexibility index (Phi) is 4.03. The maximum atomic E-state index is 12.8. The van der Waals surface area contributed by atoms with Gasteiger partial charge in [0.05, 0.1) is 0 Å². The fourth-order valence-electron chi connectivity index (χ4n) is 1.37. The minimum atomic E-state index is -4.72. The third kappa shape index (κ3) is 3.12. The minimum Gasteiger partial charge on any atom is -0.303 e. The van der Waals surface area contributed by atoms with Crippen molar-refractivity contribution in [3.8, 4) is 0 Å². The van der Waals surface area contributed by atoms with E-state index in [1.54, 1.807) is 0 Å². The number of halogens is 6. The van der Waals surface area contributed by atoms with Crippen molar-refractivity contribution in [1.82, 2.24) is 5.32 Å². The van der Waals surface area contributed by atoms with Gasteiger partial charge in [0.15, 0.2) is 17.5 Å². The molecule has 0 aliphatic rings. The molecular weight excluding hydrogens is 248 g/mol. The van der Waals surface area contributed by atoms with Crippen LogP contribution in [-0.2, 0) is 0 Å². The summed E-state index contributed by atoms with van der Waals surface area (Å²) in [7, 11) is 0. The van der Waals surface area contributed by atoms with Crippen LogP contribution >= 0.6 is 0 Å². The average Bonchev–Trinajstić information content (AvgIpc) is 2.20. The van der Waals surface area contributed by atoms with Crippen molar-refractivity contribution < 1.29 is 26.3 Å². The van der Waals surface area contributed by atoms with Crippen LogP contribution in [0, 0.1) is 17.5 Å². The highest BCUT2D eigenvalue weighted by molar-refractivity contribution is 5.24. The summed E-state index contributed by atoms with van der Waals surface area (Å²) in [5.41, 5.74) is -0.698. The van der Waals surface area contributed by atoms with E-state index in [4.69, 9.17) is 0 Å². The topological polar surface area (TPSA) is 12.0 Å². The lowest BCUT2D eigenvalue weighted by Gasteiger charge is -2.21. The van der Waals surface area contributed by atoms with Gasteiger partial charge in [-0.3, -0.25) is 0 Å². The van der Waals surface area contributed by atoms with Gasteiger partial charge < -0.3 is 5.32 Å². The third-order valence-electron chi connectivity index (χ3n) is 2.08. The quantitative estimate of drug-likeness (QED) is 0.647. The Morgan fingerprint density at radius 1 is 1.12 bits per heavy atom. The van der Waals surface area contributed by atoms with Crippen LogP contribution in [0.3, 0.4) is 0 Å². The molecular formula is C10H9F6N. The Morgan fingerprint density at radius 3 is 1.94 bits per heavy atom. The summed E-state index contributed by atoms with van der Waals surface area (Å²) in [6, 6.07) is -1.56. The summed E-state index contributed by atoms with van der Waals surface area (Å²) < 4.78 is 75.9. The summed E-state index contributed by atoms with van der Waals surface area (Å²) in [6.45, 7) is 1.36. The molecule has 0 amide bonds. The summed E-state index contributed by atoms with van der Waals surface area (Å²) in [6.07, 6.45) is -4.72. The first kappa shape index (κ1) is 13.8. The highest BCUT2D eigenvalue weighted by atomic mass is 19.4. The summed E-state index contributed by atoms with van der Waals surface area (Å²) >= 11 is 0. The SMILES string of the molecule is CCNC(c1cc(F)c(F)c(F)c1)C(F)(F)F. The highest BCUT2D eigenvalue weighted by Crippen LogP contribution is 2.33. The van der Waals surface area contributed by atoms with Gasteiger partial charge in [-0.05, 0) is 24.2 Å². The van der Waals surface area contributed by atoms with Crippen molar-refractivity contribution >= 4 is 0 Å². The van der Waals surface area contributed by atoms with E-state index in [1.165, 1.54) is 6.92 Å². The molecule has 1 N–H and O–H groups in total. The van der Waals surface area contributed by atoms with Crippen LogP contribution in [0.15, 0.2) is 12.1 Å². The largest absolute Gasteiger partial charge is 0.407 e. The van der Waals surface area contributed by atoms with Crippen LogP contribution in [0.5, 0.6) is 0 Å². The predicted molar refractivity (Wildman–Crippen MR) is 48.8 cm³/mol. The third-order valence-corrected chi connectivity index (χ3v) is 2.08. The van der Waals surface area contributed by atoms with E-state index >= 15 is 0 Å². The van der Waals surface area contributed by atoms with Crippen LogP contribution < -0.4 is 5.32 Å². The number of rotatable bonds is 3. The van der Waals surface area contributed by atoms with Crippen molar-refractivity contribution in [2.24, 2.45) is 0 Å². The zero-order valence-corrected chi connectivity index (χ0v) is 8.71. The van der Waals surface area contributed by atoms with Crippen molar-refractivity contribution in [2.45, 2.75) is 19.1 Å². The molecule has 1 nitrogen and oxygen atoms in total. The van der Waals surface area contributed by atoms with Crippen molar-refractivity contribution in [3.63, 3.8) is 0 Å². The molecule has 96 valence electrons. The second-order valence-corrected chi connectivity index (χ2v) is 3.33. The second-order valence-electron chi connectivity index (χ2n) is 3.33. The Bertz CT molecular complexity index is 377. The molecule has 0 aliphatic carbocycles. The smallest absolute Gasteiger partial charge is 0.303 e. The molecule has 1 atom stereocenters. The zero-order valence-electron chi connectivity index (χ0n) is 8.71. The molecule has 7 heteroatoms. The molecule has 0 bridgehead atoms. The van der Waals surface area contributed by atoms with Crippen molar-refractivity contribution in [3.05, 3.63) is 35.1 Å². The molecule has 1 aromatic carbocycles. The van der Waals surface area contributed by atoms with Crippen LogP contribution in [0.1, 0.15) is 18.5 Å². The molecule has 0 aliphatic heterocycles. The van der Waals surface area contributed by atoms with Gasteiger partial charge in [-0.1, -0.05) is 6.92 Å². The lowest BCUT2D eigenvalue weighted by molar-refractivity contribution is -0.157. The Morgan fingerprint density at radius 2 is 1.59 bits per heavy atom. The van der Waals surface area contributed by atoms with Gasteiger partial charge in [-0.2, -0.15) is 13.2 Å². The van der Waals surface area contributed by atoms with Crippen molar-refractivity contribution in [1.29, 1.82) is 0 Å². The predicted octanol–water partition coefficient (Wildman–Crippen LogP) is 3.32. The molecule has 1 unspecified atom stereocenters. The molecule has 1 aromatic rings. The van der Waals surface area contributed by atoms with Gasteiger partial charge >= 0.3 is 6.18 Å². The van der Waals surface area contributed by atoms with Gasteiger partial charge in [-0.25, -0.2) is 13.2 Å². The summed E-state index contributed by atoms with van der Waals surface area (Å²) in [5.74, 6) is -5.08. The van der Waals surface area contributed by atoms with E-state index in [-0.39, 0.29) is 6.54 Å². The lowest BCUT2D eigenvalue weighted by atomic mass is 10.1. The molecule has 0 aromatic heterocycles. The normalized spacial score (nSPS) is 13.8. The second kappa shape index (κ2) is 4.95. The van der Waals surface area contributed by atoms with E-state index in [9.17, 15) is 26.3 Å². The Balaban J connectivity index is 3.20. The molecule has 1 rings (SSSR count). The Labute approximate surface area is 93.4 Å². The first-order chi connectivity index (χ1) is 7.77. The number of hydrogen-bond acceptors (Lipinski definition) is 1. The van der Waals surface area contributed by atoms with Crippen LogP contribution in [-0.4, -0.2) is 12.7 Å². The molecule has 0 saturated heterocycles. The van der Waals surface area contributed by atoms with Gasteiger partial charge in [0, 0.05) is 0 Å². The molecule has 17 heavy (non-hydrogen) atoms. The number of benzene rings is 1. The van der Waals surface area contributed by atoms with Gasteiger partial charge in [0.2, 0.25) is 0 Å². The number of alkyl halides is 3. The molecule has 0 fully saturated rings. The van der Waals surface area contributed by atoms with Crippen LogP contribution in [0.25, 0.3) is 0 Å². The highest BCUT2D eigenvalue weighted by Gasteiger charge is 2.40. The van der Waals surface area contributed by atoms with Gasteiger partial charge in [0.25, 0.3) is 0 Å². The standard InChI is InChI=1S/C10H9F6N/c1-2-17-9(10(14,15)16)5-3-6(11)8(13)7(12)4-5/h3-4,9,17H,2H2,1H3.